The van der Waals surface area contributed by atoms with E-state index in [2.05, 4.69) is 4.98 Å². The first kappa shape index (κ1) is 23.5. The number of aromatic nitrogens is 2. The Hall–Kier alpha value is -1.78. The molecule has 1 aliphatic rings. The van der Waals surface area contributed by atoms with Gasteiger partial charge in [-0.15, -0.1) is 0 Å². The number of aromatic amines is 1. The third kappa shape index (κ3) is 5.23. The van der Waals surface area contributed by atoms with Crippen LogP contribution in [0.1, 0.15) is 47.8 Å². The molecule has 2 heterocycles. The zero-order chi connectivity index (χ0) is 22.4. The second-order valence-corrected chi connectivity index (χ2v) is 14.5. The van der Waals surface area contributed by atoms with Crippen molar-refractivity contribution in [3.63, 3.8) is 0 Å². The topological polar surface area (TPSA) is 99.6 Å². The monoisotopic (exact) mass is 430 g/mol. The molecule has 1 N–H and O–H groups in total. The van der Waals surface area contributed by atoms with E-state index >= 15 is 4.39 Å². The molecule has 8 nitrogen and oxygen atoms in total. The van der Waals surface area contributed by atoms with Crippen LogP contribution in [-0.2, 0) is 18.7 Å². The van der Waals surface area contributed by atoms with Crippen molar-refractivity contribution in [2.75, 3.05) is 0 Å². The third-order valence-electron chi connectivity index (χ3n) is 5.17. The lowest BCUT2D eigenvalue weighted by Crippen LogP contribution is -2.50. The van der Waals surface area contributed by atoms with Gasteiger partial charge in [-0.3, -0.25) is 14.3 Å². The van der Waals surface area contributed by atoms with Gasteiger partial charge in [0.05, 0.1) is 0 Å². The van der Waals surface area contributed by atoms with Crippen molar-refractivity contribution in [2.24, 2.45) is 0 Å². The van der Waals surface area contributed by atoms with Crippen LogP contribution in [0.2, 0.25) is 18.1 Å². The van der Waals surface area contributed by atoms with Crippen LogP contribution >= 0.6 is 0 Å². The largest absolute Gasteiger partial charge is 0.458 e. The molecular weight excluding hydrogens is 399 g/mol. The van der Waals surface area contributed by atoms with Gasteiger partial charge in [-0.05, 0) is 38.9 Å². The standard InChI is InChI=1S/C19H31FN2O6Si/c1-18(2,3)27-16(24)14-13(28-29(7,8)19(4,5)6)12(20)15(26-14)22-10-9-11(23)21-17(22)25/h9-10,12-15H,1-8H3,(H,21,23,25)/t12-,13+,14+,15-/m1/s1. The van der Waals surface area contributed by atoms with E-state index in [-0.39, 0.29) is 5.04 Å². The number of H-pyrrole nitrogens is 1. The number of halogens is 1. The van der Waals surface area contributed by atoms with Crippen LogP contribution in [0.25, 0.3) is 0 Å². The molecule has 0 amide bonds. The number of rotatable bonds is 4. The first-order valence-corrected chi connectivity index (χ1v) is 12.5. The van der Waals surface area contributed by atoms with Crippen LogP contribution in [0.15, 0.2) is 21.9 Å². The van der Waals surface area contributed by atoms with Gasteiger partial charge in [0.25, 0.3) is 5.56 Å². The van der Waals surface area contributed by atoms with Crippen LogP contribution in [0.4, 0.5) is 4.39 Å². The Bertz CT molecular complexity index is 867. The first-order valence-electron chi connectivity index (χ1n) is 9.55. The lowest BCUT2D eigenvalue weighted by atomic mass is 10.1. The molecular formula is C19H31FN2O6Si. The summed E-state index contributed by atoms with van der Waals surface area (Å²) in [6.45, 7) is 14.9. The van der Waals surface area contributed by atoms with E-state index < -0.39 is 55.7 Å². The highest BCUT2D eigenvalue weighted by Crippen LogP contribution is 2.42. The van der Waals surface area contributed by atoms with Crippen molar-refractivity contribution < 1.29 is 23.1 Å². The molecule has 10 heteroatoms. The Kier molecular flexibility index (Phi) is 6.32. The Morgan fingerprint density at radius 1 is 1.21 bits per heavy atom. The van der Waals surface area contributed by atoms with E-state index in [1.54, 1.807) is 20.8 Å². The van der Waals surface area contributed by atoms with E-state index in [1.165, 1.54) is 0 Å². The lowest BCUT2D eigenvalue weighted by molar-refractivity contribution is -0.173. The minimum atomic E-state index is -2.48. The number of ether oxygens (including phenoxy) is 2. The van der Waals surface area contributed by atoms with E-state index in [1.807, 2.05) is 33.9 Å². The van der Waals surface area contributed by atoms with Crippen molar-refractivity contribution in [2.45, 2.75) is 89.9 Å². The van der Waals surface area contributed by atoms with Crippen LogP contribution in [0.5, 0.6) is 0 Å². The normalized spacial score (nSPS) is 25.8. The van der Waals surface area contributed by atoms with E-state index in [4.69, 9.17) is 13.9 Å². The van der Waals surface area contributed by atoms with Gasteiger partial charge in [0.2, 0.25) is 0 Å². The molecule has 0 radical (unpaired) electrons. The molecule has 0 spiro atoms. The summed E-state index contributed by atoms with van der Waals surface area (Å²) in [6, 6.07) is 1.09. The van der Waals surface area contributed by atoms with Gasteiger partial charge >= 0.3 is 11.7 Å². The summed E-state index contributed by atoms with van der Waals surface area (Å²) in [4.78, 5) is 38.3. The zero-order valence-corrected chi connectivity index (χ0v) is 19.2. The Morgan fingerprint density at radius 3 is 2.28 bits per heavy atom. The van der Waals surface area contributed by atoms with Crippen LogP contribution in [-0.4, -0.2) is 47.8 Å². The molecule has 1 fully saturated rings. The fourth-order valence-electron chi connectivity index (χ4n) is 2.67. The first-order chi connectivity index (χ1) is 13.0. The van der Waals surface area contributed by atoms with Crippen molar-refractivity contribution in [3.8, 4) is 0 Å². The molecule has 0 saturated carbocycles. The number of esters is 1. The summed E-state index contributed by atoms with van der Waals surface area (Å²) in [5, 5.41) is -0.238. The van der Waals surface area contributed by atoms with E-state index in [9.17, 15) is 14.4 Å². The maximum Gasteiger partial charge on any atom is 0.338 e. The smallest absolute Gasteiger partial charge is 0.338 e. The average molecular weight is 431 g/mol. The van der Waals surface area contributed by atoms with Crippen molar-refractivity contribution >= 4 is 14.3 Å². The van der Waals surface area contributed by atoms with Gasteiger partial charge in [0.1, 0.15) is 11.7 Å². The minimum Gasteiger partial charge on any atom is -0.458 e. The summed E-state index contributed by atoms with van der Waals surface area (Å²) in [5.74, 6) is -0.760. The van der Waals surface area contributed by atoms with Crippen LogP contribution in [0, 0.1) is 0 Å². The zero-order valence-electron chi connectivity index (χ0n) is 18.2. The molecule has 1 aromatic heterocycles. The third-order valence-corrected chi connectivity index (χ3v) is 9.65. The highest BCUT2D eigenvalue weighted by Gasteiger charge is 2.55. The maximum atomic E-state index is 15.5. The van der Waals surface area contributed by atoms with Crippen molar-refractivity contribution in [1.29, 1.82) is 0 Å². The number of carbonyl (C=O) groups is 1. The Morgan fingerprint density at radius 2 is 1.79 bits per heavy atom. The molecule has 0 aliphatic carbocycles. The van der Waals surface area contributed by atoms with E-state index in [0.717, 1.165) is 16.8 Å². The molecule has 29 heavy (non-hydrogen) atoms. The molecule has 4 atom stereocenters. The molecule has 2 rings (SSSR count). The van der Waals surface area contributed by atoms with Crippen molar-refractivity contribution in [1.82, 2.24) is 9.55 Å². The molecule has 1 aromatic rings. The number of hydrogen-bond donors (Lipinski definition) is 1. The highest BCUT2D eigenvalue weighted by molar-refractivity contribution is 6.74. The Balaban J connectivity index is 2.44. The molecule has 1 saturated heterocycles. The van der Waals surface area contributed by atoms with Crippen LogP contribution < -0.4 is 11.2 Å². The number of carbonyl (C=O) groups excluding carboxylic acids is 1. The SMILES string of the molecule is CC(C)(C)OC(=O)[C@H]1O[C@@H](n2ccc(=O)[nH]c2=O)[C@H](F)[C@@H]1O[Si](C)(C)C(C)(C)C. The molecule has 164 valence electrons. The molecule has 0 aromatic carbocycles. The van der Waals surface area contributed by atoms with Gasteiger partial charge in [-0.25, -0.2) is 14.0 Å². The van der Waals surface area contributed by atoms with Gasteiger partial charge in [-0.1, -0.05) is 20.8 Å². The van der Waals surface area contributed by atoms with Gasteiger partial charge < -0.3 is 13.9 Å². The predicted octanol–water partition coefficient (Wildman–Crippen LogP) is 2.50. The number of nitrogens with one attached hydrogen (secondary N) is 1. The quantitative estimate of drug-likeness (QED) is 0.582. The second-order valence-electron chi connectivity index (χ2n) is 9.79. The molecule has 0 unspecified atom stereocenters. The predicted molar refractivity (Wildman–Crippen MR) is 108 cm³/mol. The summed E-state index contributed by atoms with van der Waals surface area (Å²) < 4.78 is 33.6. The van der Waals surface area contributed by atoms with Crippen molar-refractivity contribution in [3.05, 3.63) is 33.1 Å². The Labute approximate surface area is 170 Å². The number of hydrogen-bond acceptors (Lipinski definition) is 6. The number of alkyl halides is 1. The lowest BCUT2D eigenvalue weighted by Gasteiger charge is -2.39. The molecule has 0 bridgehead atoms. The summed E-state index contributed by atoms with van der Waals surface area (Å²) in [7, 11) is -2.48. The number of nitrogens with zero attached hydrogens (tertiary/aromatic N) is 1. The van der Waals surface area contributed by atoms with Crippen LogP contribution in [0.3, 0.4) is 0 Å². The summed E-state index contributed by atoms with van der Waals surface area (Å²) in [6.07, 6.45) is -4.69. The summed E-state index contributed by atoms with van der Waals surface area (Å²) >= 11 is 0. The maximum absolute atomic E-state index is 15.5. The fourth-order valence-corrected chi connectivity index (χ4v) is 3.96. The summed E-state index contributed by atoms with van der Waals surface area (Å²) in [5.41, 5.74) is -2.25. The fraction of sp³-hybridized carbons (Fsp3) is 0.737. The van der Waals surface area contributed by atoms with Gasteiger partial charge in [0, 0.05) is 12.3 Å². The minimum absolute atomic E-state index is 0.238. The second kappa shape index (κ2) is 7.80. The highest BCUT2D eigenvalue weighted by atomic mass is 28.4. The molecule has 1 aliphatic heterocycles. The average Bonchev–Trinajstić information content (AvgIpc) is 2.81. The van der Waals surface area contributed by atoms with Gasteiger partial charge in [-0.2, -0.15) is 0 Å². The van der Waals surface area contributed by atoms with E-state index in [0.29, 0.717) is 0 Å². The van der Waals surface area contributed by atoms with Gasteiger partial charge in [0.15, 0.2) is 26.8 Å².